The summed E-state index contributed by atoms with van der Waals surface area (Å²) in [4.78, 5) is 2.36. The van der Waals surface area contributed by atoms with Gasteiger partial charge in [-0.05, 0) is 46.0 Å². The molecule has 3 nitrogen and oxygen atoms in total. The molecule has 1 fully saturated rings. The van der Waals surface area contributed by atoms with E-state index in [0.717, 1.165) is 25.2 Å². The topological polar surface area (TPSA) is 35.5 Å². The molecule has 0 aliphatic carbocycles. The van der Waals surface area contributed by atoms with Crippen LogP contribution in [0.4, 0.5) is 0 Å². The third-order valence-electron chi connectivity index (χ3n) is 3.53. The van der Waals surface area contributed by atoms with Gasteiger partial charge in [-0.3, -0.25) is 0 Å². The minimum atomic E-state index is 0.399. The summed E-state index contributed by atoms with van der Waals surface area (Å²) in [5, 5.41) is 13.3. The average molecular weight is 234 g/mol. The zero-order chi connectivity index (χ0) is 12.3. The molecule has 0 aromatic heterocycles. The number of hydrogen-bond acceptors (Lipinski definition) is 3. The van der Waals surface area contributed by atoms with E-state index in [1.54, 1.807) is 6.07 Å². The summed E-state index contributed by atoms with van der Waals surface area (Å²) in [5.74, 6) is 0.399. The Hall–Kier alpha value is -1.06. The van der Waals surface area contributed by atoms with Gasteiger partial charge in [-0.1, -0.05) is 17.7 Å². The van der Waals surface area contributed by atoms with Crippen molar-refractivity contribution in [3.05, 3.63) is 29.3 Å². The molecule has 2 rings (SSSR count). The highest BCUT2D eigenvalue weighted by atomic mass is 16.3. The van der Waals surface area contributed by atoms with Crippen LogP contribution in [0.2, 0.25) is 0 Å². The molecule has 1 aromatic carbocycles. The van der Waals surface area contributed by atoms with Crippen molar-refractivity contribution in [2.45, 2.75) is 32.4 Å². The lowest BCUT2D eigenvalue weighted by Crippen LogP contribution is -2.40. The summed E-state index contributed by atoms with van der Waals surface area (Å²) in [7, 11) is 2.17. The number of aromatic hydroxyl groups is 1. The van der Waals surface area contributed by atoms with Gasteiger partial charge in [0.15, 0.2) is 0 Å². The average Bonchev–Trinajstić information content (AvgIpc) is 2.32. The second-order valence-corrected chi connectivity index (χ2v) is 5.09. The summed E-state index contributed by atoms with van der Waals surface area (Å²) in [6.45, 7) is 5.15. The van der Waals surface area contributed by atoms with E-state index in [0.29, 0.717) is 11.8 Å². The second-order valence-electron chi connectivity index (χ2n) is 5.09. The van der Waals surface area contributed by atoms with E-state index >= 15 is 0 Å². The molecule has 1 saturated heterocycles. The van der Waals surface area contributed by atoms with Crippen LogP contribution < -0.4 is 5.32 Å². The van der Waals surface area contributed by atoms with Crippen molar-refractivity contribution in [3.8, 4) is 5.75 Å². The first-order valence-corrected chi connectivity index (χ1v) is 6.35. The molecule has 1 aliphatic rings. The molecule has 0 saturated carbocycles. The number of rotatable bonds is 3. The predicted molar refractivity (Wildman–Crippen MR) is 70.2 cm³/mol. The van der Waals surface area contributed by atoms with Crippen molar-refractivity contribution in [1.29, 1.82) is 0 Å². The van der Waals surface area contributed by atoms with Gasteiger partial charge in [-0.25, -0.2) is 0 Å². The monoisotopic (exact) mass is 234 g/mol. The van der Waals surface area contributed by atoms with Crippen LogP contribution in [0.15, 0.2) is 18.2 Å². The molecule has 1 aliphatic heterocycles. The summed E-state index contributed by atoms with van der Waals surface area (Å²) in [6.07, 6.45) is 2.39. The zero-order valence-electron chi connectivity index (χ0n) is 10.7. The van der Waals surface area contributed by atoms with Gasteiger partial charge < -0.3 is 15.3 Å². The Kier molecular flexibility index (Phi) is 4.02. The molecule has 0 atom stereocenters. The van der Waals surface area contributed by atoms with Crippen LogP contribution in [-0.2, 0) is 6.54 Å². The highest BCUT2D eigenvalue weighted by Gasteiger charge is 2.16. The van der Waals surface area contributed by atoms with Crippen LogP contribution in [0.25, 0.3) is 0 Å². The van der Waals surface area contributed by atoms with Crippen molar-refractivity contribution in [2.24, 2.45) is 0 Å². The summed E-state index contributed by atoms with van der Waals surface area (Å²) in [6, 6.07) is 6.36. The van der Waals surface area contributed by atoms with E-state index in [1.165, 1.54) is 18.4 Å². The van der Waals surface area contributed by atoms with Gasteiger partial charge in [0.1, 0.15) is 5.75 Å². The third kappa shape index (κ3) is 3.45. The van der Waals surface area contributed by atoms with E-state index in [1.807, 2.05) is 6.07 Å². The SMILES string of the molecule is Cc1ccc(O)c(CNC2CCN(C)CC2)c1. The molecule has 0 bridgehead atoms. The lowest BCUT2D eigenvalue weighted by molar-refractivity contribution is 0.233. The number of nitrogens with one attached hydrogen (secondary N) is 1. The Morgan fingerprint density at radius 3 is 2.76 bits per heavy atom. The highest BCUT2D eigenvalue weighted by molar-refractivity contribution is 5.35. The molecule has 94 valence electrons. The number of likely N-dealkylation sites (tertiary alicyclic amines) is 1. The highest BCUT2D eigenvalue weighted by Crippen LogP contribution is 2.18. The standard InChI is InChI=1S/C14H22N2O/c1-11-3-4-14(17)12(9-11)10-15-13-5-7-16(2)8-6-13/h3-4,9,13,15,17H,5-8,10H2,1-2H3. The fraction of sp³-hybridized carbons (Fsp3) is 0.571. The third-order valence-corrected chi connectivity index (χ3v) is 3.53. The summed E-state index contributed by atoms with van der Waals surface area (Å²) >= 11 is 0. The number of aryl methyl sites for hydroxylation is 1. The minimum absolute atomic E-state index is 0.399. The van der Waals surface area contributed by atoms with E-state index in [2.05, 4.69) is 30.3 Å². The van der Waals surface area contributed by atoms with Crippen LogP contribution >= 0.6 is 0 Å². The van der Waals surface area contributed by atoms with E-state index in [4.69, 9.17) is 0 Å². The molecule has 0 radical (unpaired) electrons. The number of benzene rings is 1. The molecule has 0 amide bonds. The first-order valence-electron chi connectivity index (χ1n) is 6.35. The fourth-order valence-corrected chi connectivity index (χ4v) is 2.32. The normalized spacial score (nSPS) is 18.5. The maximum absolute atomic E-state index is 9.76. The van der Waals surface area contributed by atoms with Gasteiger partial charge in [0.2, 0.25) is 0 Å². The van der Waals surface area contributed by atoms with Crippen molar-refractivity contribution in [1.82, 2.24) is 10.2 Å². The minimum Gasteiger partial charge on any atom is -0.508 e. The Morgan fingerprint density at radius 2 is 2.06 bits per heavy atom. The fourth-order valence-electron chi connectivity index (χ4n) is 2.32. The molecule has 1 heterocycles. The molecular formula is C14H22N2O. The molecular weight excluding hydrogens is 212 g/mol. The number of phenols is 1. The second kappa shape index (κ2) is 5.52. The number of piperidine rings is 1. The first kappa shape index (κ1) is 12.4. The molecule has 1 aromatic rings. The quantitative estimate of drug-likeness (QED) is 0.838. The Bertz CT molecular complexity index is 370. The van der Waals surface area contributed by atoms with Gasteiger partial charge in [0.25, 0.3) is 0 Å². The lowest BCUT2D eigenvalue weighted by atomic mass is 10.0. The molecule has 0 spiro atoms. The van der Waals surface area contributed by atoms with Crippen molar-refractivity contribution in [3.63, 3.8) is 0 Å². The summed E-state index contributed by atoms with van der Waals surface area (Å²) in [5.41, 5.74) is 2.20. The molecule has 2 N–H and O–H groups in total. The lowest BCUT2D eigenvalue weighted by Gasteiger charge is -2.29. The van der Waals surface area contributed by atoms with Gasteiger partial charge in [0, 0.05) is 18.2 Å². The van der Waals surface area contributed by atoms with Crippen LogP contribution in [0.1, 0.15) is 24.0 Å². The Balaban J connectivity index is 1.87. The smallest absolute Gasteiger partial charge is 0.120 e. The largest absolute Gasteiger partial charge is 0.508 e. The Morgan fingerprint density at radius 1 is 1.35 bits per heavy atom. The van der Waals surface area contributed by atoms with Gasteiger partial charge in [-0.15, -0.1) is 0 Å². The van der Waals surface area contributed by atoms with Crippen LogP contribution in [0, 0.1) is 6.92 Å². The first-order chi connectivity index (χ1) is 8.15. The molecule has 17 heavy (non-hydrogen) atoms. The molecule has 3 heteroatoms. The van der Waals surface area contributed by atoms with Crippen molar-refractivity contribution in [2.75, 3.05) is 20.1 Å². The van der Waals surface area contributed by atoms with Crippen LogP contribution in [-0.4, -0.2) is 36.2 Å². The van der Waals surface area contributed by atoms with E-state index in [9.17, 15) is 5.11 Å². The van der Waals surface area contributed by atoms with Crippen molar-refractivity contribution < 1.29 is 5.11 Å². The van der Waals surface area contributed by atoms with Gasteiger partial charge in [-0.2, -0.15) is 0 Å². The number of phenolic OH excluding ortho intramolecular Hbond substituents is 1. The van der Waals surface area contributed by atoms with E-state index < -0.39 is 0 Å². The van der Waals surface area contributed by atoms with Gasteiger partial charge >= 0.3 is 0 Å². The molecule has 0 unspecified atom stereocenters. The number of nitrogens with zero attached hydrogens (tertiary/aromatic N) is 1. The maximum Gasteiger partial charge on any atom is 0.120 e. The van der Waals surface area contributed by atoms with Crippen LogP contribution in [0.5, 0.6) is 5.75 Å². The predicted octanol–water partition coefficient (Wildman–Crippen LogP) is 1.88. The van der Waals surface area contributed by atoms with Gasteiger partial charge in [0.05, 0.1) is 0 Å². The van der Waals surface area contributed by atoms with Crippen LogP contribution in [0.3, 0.4) is 0 Å². The number of hydrogen-bond donors (Lipinski definition) is 2. The van der Waals surface area contributed by atoms with E-state index in [-0.39, 0.29) is 0 Å². The zero-order valence-corrected chi connectivity index (χ0v) is 10.7. The Labute approximate surface area is 103 Å². The summed E-state index contributed by atoms with van der Waals surface area (Å²) < 4.78 is 0. The van der Waals surface area contributed by atoms with Crippen molar-refractivity contribution >= 4 is 0 Å². The maximum atomic E-state index is 9.76.